The fraction of sp³-hybridized carbons (Fsp3) is 0.450. The number of hydrogen-bond donors (Lipinski definition) is 1. The van der Waals surface area contributed by atoms with Crippen LogP contribution in [0.1, 0.15) is 59.2 Å². The van der Waals surface area contributed by atoms with Crippen LogP contribution in [0.4, 0.5) is 0 Å². The summed E-state index contributed by atoms with van der Waals surface area (Å²) in [5, 5.41) is 3.06. The zero-order valence-electron chi connectivity index (χ0n) is 15.2. The molecular formula is C20H24N4O2. The molecule has 6 heteroatoms. The smallest absolute Gasteiger partial charge is 0.273 e. The molecule has 6 nitrogen and oxygen atoms in total. The molecule has 1 amide bonds. The lowest BCUT2D eigenvalue weighted by molar-refractivity contribution is 0.0939. The summed E-state index contributed by atoms with van der Waals surface area (Å²) in [6, 6.07) is 6.00. The second-order valence-electron chi connectivity index (χ2n) is 7.27. The molecule has 0 aromatic carbocycles. The average molecular weight is 352 g/mol. The number of nitrogens with one attached hydrogen (secondary N) is 1. The Morgan fingerprint density at radius 2 is 2.12 bits per heavy atom. The van der Waals surface area contributed by atoms with Crippen LogP contribution in [0.5, 0.6) is 0 Å². The predicted molar refractivity (Wildman–Crippen MR) is 98.2 cm³/mol. The van der Waals surface area contributed by atoms with Crippen molar-refractivity contribution in [1.29, 1.82) is 0 Å². The highest BCUT2D eigenvalue weighted by atomic mass is 16.3. The number of furan rings is 1. The number of imidazole rings is 1. The fourth-order valence-corrected chi connectivity index (χ4v) is 3.93. The van der Waals surface area contributed by atoms with Gasteiger partial charge in [-0.25, -0.2) is 9.97 Å². The van der Waals surface area contributed by atoms with Crippen LogP contribution in [0.15, 0.2) is 35.2 Å². The normalized spacial score (nSPS) is 20.4. The Bertz CT molecular complexity index is 905. The first-order chi connectivity index (χ1) is 12.6. The van der Waals surface area contributed by atoms with Gasteiger partial charge in [0.25, 0.3) is 5.91 Å². The number of hydrogen-bond acceptors (Lipinski definition) is 4. The molecule has 3 heterocycles. The molecule has 0 spiro atoms. The second-order valence-corrected chi connectivity index (χ2v) is 7.27. The molecule has 3 aromatic rings. The first kappa shape index (κ1) is 16.8. The van der Waals surface area contributed by atoms with Crippen molar-refractivity contribution in [2.24, 2.45) is 5.92 Å². The molecule has 3 aromatic heterocycles. The van der Waals surface area contributed by atoms with Crippen LogP contribution in [0.25, 0.3) is 5.65 Å². The van der Waals surface area contributed by atoms with E-state index in [4.69, 9.17) is 4.42 Å². The Morgan fingerprint density at radius 3 is 2.85 bits per heavy atom. The first-order valence-electron chi connectivity index (χ1n) is 9.24. The zero-order chi connectivity index (χ0) is 18.1. The van der Waals surface area contributed by atoms with Crippen molar-refractivity contribution in [3.63, 3.8) is 0 Å². The van der Waals surface area contributed by atoms with Crippen molar-refractivity contribution in [2.45, 2.75) is 45.4 Å². The van der Waals surface area contributed by atoms with Gasteiger partial charge in [-0.1, -0.05) is 0 Å². The SMILES string of the molecule is Cc1cc(C)n2cnc(C(=O)NCC3CCC(c4ccco4)CC3)c2n1. The van der Waals surface area contributed by atoms with Crippen molar-refractivity contribution in [3.8, 4) is 0 Å². The highest BCUT2D eigenvalue weighted by molar-refractivity contribution is 5.98. The third kappa shape index (κ3) is 3.23. The molecular weight excluding hydrogens is 328 g/mol. The number of nitrogens with zero attached hydrogens (tertiary/aromatic N) is 3. The Kier molecular flexibility index (Phi) is 4.49. The highest BCUT2D eigenvalue weighted by Crippen LogP contribution is 2.35. The summed E-state index contributed by atoms with van der Waals surface area (Å²) in [6.45, 7) is 4.61. The van der Waals surface area contributed by atoms with Crippen LogP contribution in [0, 0.1) is 19.8 Å². The first-order valence-corrected chi connectivity index (χ1v) is 9.24. The largest absolute Gasteiger partial charge is 0.469 e. The molecule has 0 radical (unpaired) electrons. The lowest BCUT2D eigenvalue weighted by Crippen LogP contribution is -2.31. The molecule has 136 valence electrons. The number of rotatable bonds is 4. The van der Waals surface area contributed by atoms with Gasteiger partial charge in [0, 0.05) is 23.9 Å². The maximum absolute atomic E-state index is 12.6. The van der Waals surface area contributed by atoms with Gasteiger partial charge in [0.2, 0.25) is 0 Å². The molecule has 26 heavy (non-hydrogen) atoms. The van der Waals surface area contributed by atoms with Crippen LogP contribution < -0.4 is 5.32 Å². The molecule has 1 fully saturated rings. The summed E-state index contributed by atoms with van der Waals surface area (Å²) in [6.07, 6.45) is 7.84. The molecule has 0 aliphatic heterocycles. The van der Waals surface area contributed by atoms with Crippen molar-refractivity contribution in [3.05, 3.63) is 53.6 Å². The quantitative estimate of drug-likeness (QED) is 0.778. The summed E-state index contributed by atoms with van der Waals surface area (Å²) in [7, 11) is 0. The number of carbonyl (C=O) groups excluding carboxylic acids is 1. The fourth-order valence-electron chi connectivity index (χ4n) is 3.93. The molecule has 1 aliphatic carbocycles. The average Bonchev–Trinajstić information content (AvgIpc) is 3.30. The van der Waals surface area contributed by atoms with Crippen molar-refractivity contribution in [2.75, 3.05) is 6.54 Å². The van der Waals surface area contributed by atoms with Gasteiger partial charge < -0.3 is 9.73 Å². The van der Waals surface area contributed by atoms with Gasteiger partial charge >= 0.3 is 0 Å². The molecule has 1 saturated carbocycles. The summed E-state index contributed by atoms with van der Waals surface area (Å²) in [5.74, 6) is 1.98. The van der Waals surface area contributed by atoms with E-state index in [2.05, 4.69) is 21.4 Å². The topological polar surface area (TPSA) is 72.4 Å². The molecule has 4 rings (SSSR count). The summed E-state index contributed by atoms with van der Waals surface area (Å²) in [5.41, 5.74) is 2.94. The van der Waals surface area contributed by atoms with E-state index in [1.54, 1.807) is 12.6 Å². The molecule has 1 N–H and O–H groups in total. The van der Waals surface area contributed by atoms with E-state index in [0.717, 1.165) is 42.8 Å². The minimum Gasteiger partial charge on any atom is -0.469 e. The van der Waals surface area contributed by atoms with Gasteiger partial charge in [-0.2, -0.15) is 0 Å². The number of aromatic nitrogens is 3. The molecule has 0 bridgehead atoms. The van der Waals surface area contributed by atoms with Crippen LogP contribution in [0.3, 0.4) is 0 Å². The van der Waals surface area contributed by atoms with Crippen molar-refractivity contribution >= 4 is 11.6 Å². The third-order valence-corrected chi connectivity index (χ3v) is 5.38. The van der Waals surface area contributed by atoms with E-state index in [1.165, 1.54) is 0 Å². The lowest BCUT2D eigenvalue weighted by Gasteiger charge is -2.27. The Hall–Kier alpha value is -2.63. The minimum atomic E-state index is -0.141. The van der Waals surface area contributed by atoms with Gasteiger partial charge in [-0.05, 0) is 63.6 Å². The zero-order valence-corrected chi connectivity index (χ0v) is 15.2. The summed E-state index contributed by atoms with van der Waals surface area (Å²) < 4.78 is 7.39. The highest BCUT2D eigenvalue weighted by Gasteiger charge is 2.25. The van der Waals surface area contributed by atoms with Crippen molar-refractivity contribution in [1.82, 2.24) is 19.7 Å². The van der Waals surface area contributed by atoms with E-state index in [1.807, 2.05) is 30.4 Å². The third-order valence-electron chi connectivity index (χ3n) is 5.38. The summed E-state index contributed by atoms with van der Waals surface area (Å²) in [4.78, 5) is 21.4. The number of carbonyl (C=O) groups is 1. The van der Waals surface area contributed by atoms with E-state index >= 15 is 0 Å². The molecule has 0 atom stereocenters. The molecule has 0 unspecified atom stereocenters. The van der Waals surface area contributed by atoms with Crippen LogP contribution >= 0.6 is 0 Å². The van der Waals surface area contributed by atoms with Crippen molar-refractivity contribution < 1.29 is 9.21 Å². The number of amides is 1. The molecule has 1 aliphatic rings. The maximum Gasteiger partial charge on any atom is 0.273 e. The van der Waals surface area contributed by atoms with E-state index in [-0.39, 0.29) is 5.91 Å². The monoisotopic (exact) mass is 352 g/mol. The second kappa shape index (κ2) is 6.94. The van der Waals surface area contributed by atoms with Crippen LogP contribution in [-0.4, -0.2) is 26.8 Å². The van der Waals surface area contributed by atoms with Gasteiger partial charge in [-0.15, -0.1) is 0 Å². The van der Waals surface area contributed by atoms with Gasteiger partial charge in [0.15, 0.2) is 11.3 Å². The number of aryl methyl sites for hydroxylation is 2. The van der Waals surface area contributed by atoms with E-state index < -0.39 is 0 Å². The number of fused-ring (bicyclic) bond motifs is 1. The Labute approximate surface area is 152 Å². The van der Waals surface area contributed by atoms with Crippen LogP contribution in [0.2, 0.25) is 0 Å². The lowest BCUT2D eigenvalue weighted by atomic mass is 9.81. The van der Waals surface area contributed by atoms with E-state index in [9.17, 15) is 4.79 Å². The predicted octanol–water partition coefficient (Wildman–Crippen LogP) is 3.64. The van der Waals surface area contributed by atoms with Crippen LogP contribution in [-0.2, 0) is 0 Å². The van der Waals surface area contributed by atoms with Gasteiger partial charge in [0.05, 0.1) is 6.26 Å². The maximum atomic E-state index is 12.6. The van der Waals surface area contributed by atoms with E-state index in [0.29, 0.717) is 29.7 Å². The Morgan fingerprint density at radius 1 is 1.31 bits per heavy atom. The molecule has 0 saturated heterocycles. The standard InChI is InChI=1S/C20H24N4O2/c1-13-10-14(2)24-12-22-18(19(24)23-13)20(25)21-11-15-5-7-16(8-6-15)17-4-3-9-26-17/h3-4,9-10,12,15-16H,5-8,11H2,1-2H3,(H,21,25). The van der Waals surface area contributed by atoms with Gasteiger partial charge in [0.1, 0.15) is 12.1 Å². The summed E-state index contributed by atoms with van der Waals surface area (Å²) >= 11 is 0. The Balaban J connectivity index is 1.36. The minimum absolute atomic E-state index is 0.141. The van der Waals surface area contributed by atoms with Gasteiger partial charge in [-0.3, -0.25) is 9.20 Å².